The summed E-state index contributed by atoms with van der Waals surface area (Å²) in [6, 6.07) is 7.84. The molecule has 3 aromatic rings. The van der Waals surface area contributed by atoms with Crippen molar-refractivity contribution >= 4 is 11.0 Å². The van der Waals surface area contributed by atoms with Crippen molar-refractivity contribution in [2.75, 3.05) is 26.4 Å². The molecule has 2 aliphatic rings. The Morgan fingerprint density at radius 1 is 1.04 bits per heavy atom. The van der Waals surface area contributed by atoms with Gasteiger partial charge in [0.1, 0.15) is 0 Å². The molecule has 2 N–H and O–H groups in total. The van der Waals surface area contributed by atoms with Crippen LogP contribution in [0.2, 0.25) is 0 Å². The molecule has 0 aliphatic carbocycles. The van der Waals surface area contributed by atoms with Crippen molar-refractivity contribution in [2.45, 2.75) is 38.0 Å². The molecule has 7 heteroatoms. The molecule has 1 aromatic carbocycles. The number of hydrogen-bond acceptors (Lipinski definition) is 4. The van der Waals surface area contributed by atoms with Crippen molar-refractivity contribution in [1.82, 2.24) is 19.7 Å². The van der Waals surface area contributed by atoms with Gasteiger partial charge in [0.05, 0.1) is 11.0 Å². The molecule has 2 fully saturated rings. The smallest absolute Gasteiger partial charge is 0.277 e. The minimum atomic E-state index is 0.0204. The highest BCUT2D eigenvalue weighted by atomic mass is 16.5. The molecule has 0 amide bonds. The number of nitrogens with zero attached hydrogens (tertiary/aromatic N) is 2. The van der Waals surface area contributed by atoms with Gasteiger partial charge in [0, 0.05) is 43.6 Å². The standard InChI is InChI=1S/C21H26N4O3/c26-20-16(13-14-5-9-27-10-6-14)19(15-7-11-28-12-8-15)24-25(20)21-22-17-3-1-2-4-18(17)23-21/h1-4,14-15,24H,5-13H2,(H,22,23). The van der Waals surface area contributed by atoms with E-state index in [1.165, 1.54) is 0 Å². The molecule has 0 bridgehead atoms. The quantitative estimate of drug-likeness (QED) is 0.727. The first-order chi connectivity index (χ1) is 13.8. The van der Waals surface area contributed by atoms with Crippen LogP contribution in [0.3, 0.4) is 0 Å². The molecule has 0 spiro atoms. The van der Waals surface area contributed by atoms with E-state index in [2.05, 4.69) is 15.1 Å². The lowest BCUT2D eigenvalue weighted by Crippen LogP contribution is -2.24. The van der Waals surface area contributed by atoms with Crippen LogP contribution in [-0.2, 0) is 15.9 Å². The van der Waals surface area contributed by atoms with Gasteiger partial charge in [-0.1, -0.05) is 12.1 Å². The van der Waals surface area contributed by atoms with E-state index in [4.69, 9.17) is 9.47 Å². The van der Waals surface area contributed by atoms with Gasteiger partial charge in [0.25, 0.3) is 5.56 Å². The maximum absolute atomic E-state index is 13.4. The minimum Gasteiger partial charge on any atom is -0.381 e. The Morgan fingerprint density at radius 2 is 1.75 bits per heavy atom. The van der Waals surface area contributed by atoms with Gasteiger partial charge in [-0.3, -0.25) is 9.89 Å². The number of aromatic amines is 2. The number of benzene rings is 1. The summed E-state index contributed by atoms with van der Waals surface area (Å²) in [6.45, 7) is 3.08. The highest BCUT2D eigenvalue weighted by Gasteiger charge is 2.27. The number of H-pyrrole nitrogens is 2. The van der Waals surface area contributed by atoms with E-state index in [0.717, 1.165) is 80.8 Å². The van der Waals surface area contributed by atoms with E-state index < -0.39 is 0 Å². The van der Waals surface area contributed by atoms with Gasteiger partial charge in [0.15, 0.2) is 0 Å². The molecule has 2 saturated heterocycles. The average Bonchev–Trinajstić information content (AvgIpc) is 3.31. The van der Waals surface area contributed by atoms with Crippen molar-refractivity contribution in [2.24, 2.45) is 5.92 Å². The lowest BCUT2D eigenvalue weighted by molar-refractivity contribution is 0.0661. The third-order valence-corrected chi connectivity index (χ3v) is 6.07. The van der Waals surface area contributed by atoms with E-state index in [0.29, 0.717) is 17.8 Å². The summed E-state index contributed by atoms with van der Waals surface area (Å²) in [5.41, 5.74) is 3.79. The van der Waals surface area contributed by atoms with Crippen LogP contribution < -0.4 is 5.56 Å². The molecule has 0 radical (unpaired) electrons. The molecule has 148 valence electrons. The second kappa shape index (κ2) is 7.56. The fourth-order valence-corrected chi connectivity index (χ4v) is 4.44. The zero-order valence-corrected chi connectivity index (χ0v) is 15.9. The Balaban J connectivity index is 1.56. The number of hydrogen-bond donors (Lipinski definition) is 2. The summed E-state index contributed by atoms with van der Waals surface area (Å²) in [4.78, 5) is 21.3. The first kappa shape index (κ1) is 17.7. The summed E-state index contributed by atoms with van der Waals surface area (Å²) in [5, 5.41) is 3.41. The molecular formula is C21H26N4O3. The Labute approximate surface area is 163 Å². The third-order valence-electron chi connectivity index (χ3n) is 6.07. The van der Waals surface area contributed by atoms with Gasteiger partial charge in [0.2, 0.25) is 5.95 Å². The van der Waals surface area contributed by atoms with Gasteiger partial charge < -0.3 is 14.5 Å². The number of aromatic nitrogens is 4. The molecule has 2 aliphatic heterocycles. The summed E-state index contributed by atoms with van der Waals surface area (Å²) in [5.74, 6) is 1.39. The molecule has 7 nitrogen and oxygen atoms in total. The highest BCUT2D eigenvalue weighted by molar-refractivity contribution is 5.75. The van der Waals surface area contributed by atoms with Crippen LogP contribution in [0.1, 0.15) is 42.9 Å². The molecule has 28 heavy (non-hydrogen) atoms. The van der Waals surface area contributed by atoms with Crippen LogP contribution >= 0.6 is 0 Å². The first-order valence-corrected chi connectivity index (χ1v) is 10.2. The lowest BCUT2D eigenvalue weighted by Gasteiger charge is -2.24. The zero-order chi connectivity index (χ0) is 18.9. The molecule has 5 rings (SSSR count). The summed E-state index contributed by atoms with van der Waals surface area (Å²) >= 11 is 0. The van der Waals surface area contributed by atoms with Crippen LogP contribution in [-0.4, -0.2) is 46.2 Å². The number of para-hydroxylation sites is 2. The lowest BCUT2D eigenvalue weighted by atomic mass is 9.87. The molecule has 0 unspecified atom stereocenters. The van der Waals surface area contributed by atoms with Crippen molar-refractivity contribution in [3.05, 3.63) is 45.9 Å². The maximum Gasteiger partial charge on any atom is 0.277 e. The predicted molar refractivity (Wildman–Crippen MR) is 106 cm³/mol. The van der Waals surface area contributed by atoms with Gasteiger partial charge in [-0.2, -0.15) is 4.68 Å². The van der Waals surface area contributed by atoms with E-state index >= 15 is 0 Å². The number of fused-ring (bicyclic) bond motifs is 1. The molecule has 0 saturated carbocycles. The number of rotatable bonds is 4. The van der Waals surface area contributed by atoms with Crippen LogP contribution in [0.25, 0.3) is 17.0 Å². The van der Waals surface area contributed by atoms with Crippen LogP contribution in [0.5, 0.6) is 0 Å². The third kappa shape index (κ3) is 3.29. The second-order valence-corrected chi connectivity index (χ2v) is 7.87. The van der Waals surface area contributed by atoms with Gasteiger partial charge >= 0.3 is 0 Å². The van der Waals surface area contributed by atoms with E-state index in [-0.39, 0.29) is 5.56 Å². The van der Waals surface area contributed by atoms with Gasteiger partial charge in [-0.15, -0.1) is 0 Å². The van der Waals surface area contributed by atoms with Crippen molar-refractivity contribution in [3.8, 4) is 5.95 Å². The van der Waals surface area contributed by atoms with Gasteiger partial charge in [-0.25, -0.2) is 4.98 Å². The topological polar surface area (TPSA) is 84.9 Å². The fourth-order valence-electron chi connectivity index (χ4n) is 4.44. The number of ether oxygens (including phenoxy) is 2. The highest BCUT2D eigenvalue weighted by Crippen LogP contribution is 2.30. The molecule has 2 aromatic heterocycles. The van der Waals surface area contributed by atoms with Crippen LogP contribution in [0, 0.1) is 5.92 Å². The SMILES string of the molecule is O=c1c(CC2CCOCC2)c(C2CCOCC2)[nH]n1-c1nc2ccccc2[nH]1. The fraction of sp³-hybridized carbons (Fsp3) is 0.524. The van der Waals surface area contributed by atoms with Crippen molar-refractivity contribution < 1.29 is 9.47 Å². The first-order valence-electron chi connectivity index (χ1n) is 10.2. The normalized spacial score (nSPS) is 19.4. The predicted octanol–water partition coefficient (Wildman–Crippen LogP) is 2.91. The summed E-state index contributed by atoms with van der Waals surface area (Å²) in [7, 11) is 0. The maximum atomic E-state index is 13.4. The van der Waals surface area contributed by atoms with Gasteiger partial charge in [-0.05, 0) is 50.2 Å². The van der Waals surface area contributed by atoms with Crippen molar-refractivity contribution in [3.63, 3.8) is 0 Å². The molecule has 0 atom stereocenters. The Kier molecular flexibility index (Phi) is 4.78. The average molecular weight is 382 g/mol. The Morgan fingerprint density at radius 3 is 2.50 bits per heavy atom. The molecule has 4 heterocycles. The van der Waals surface area contributed by atoms with Crippen LogP contribution in [0.4, 0.5) is 0 Å². The Bertz CT molecular complexity index is 973. The number of nitrogens with one attached hydrogen (secondary N) is 2. The molecular weight excluding hydrogens is 356 g/mol. The largest absolute Gasteiger partial charge is 0.381 e. The van der Waals surface area contributed by atoms with Crippen molar-refractivity contribution in [1.29, 1.82) is 0 Å². The van der Waals surface area contributed by atoms with E-state index in [1.54, 1.807) is 4.68 Å². The zero-order valence-electron chi connectivity index (χ0n) is 15.9. The van der Waals surface area contributed by atoms with E-state index in [9.17, 15) is 4.79 Å². The summed E-state index contributed by atoms with van der Waals surface area (Å²) < 4.78 is 12.6. The summed E-state index contributed by atoms with van der Waals surface area (Å²) in [6.07, 6.45) is 4.73. The Hall–Kier alpha value is -2.38. The monoisotopic (exact) mass is 382 g/mol. The van der Waals surface area contributed by atoms with E-state index in [1.807, 2.05) is 24.3 Å². The number of imidazole rings is 1. The second-order valence-electron chi connectivity index (χ2n) is 7.87. The van der Waals surface area contributed by atoms with Crippen LogP contribution in [0.15, 0.2) is 29.1 Å². The minimum absolute atomic E-state index is 0.0204.